The van der Waals surface area contributed by atoms with E-state index in [1.165, 1.54) is 6.07 Å². The summed E-state index contributed by atoms with van der Waals surface area (Å²) in [6, 6.07) is 4.72. The van der Waals surface area contributed by atoms with Crippen molar-refractivity contribution in [3.05, 3.63) is 22.7 Å². The number of hydrogen-bond donors (Lipinski definition) is 2. The van der Waals surface area contributed by atoms with Crippen LogP contribution in [0.25, 0.3) is 0 Å². The van der Waals surface area contributed by atoms with Gasteiger partial charge in [0.25, 0.3) is 0 Å². The van der Waals surface area contributed by atoms with Crippen LogP contribution in [0.4, 0.5) is 5.69 Å². The molecule has 1 aliphatic rings. The monoisotopic (exact) mass is 346 g/mol. The molecule has 0 spiro atoms. The van der Waals surface area contributed by atoms with Crippen LogP contribution in [0.3, 0.4) is 0 Å². The first-order valence-corrected chi connectivity index (χ1v) is 8.59. The van der Waals surface area contributed by atoms with Crippen LogP contribution in [0.15, 0.2) is 27.6 Å². The smallest absolute Gasteiger partial charge is 0.241 e. The van der Waals surface area contributed by atoms with Crippen LogP contribution in [0, 0.1) is 11.3 Å². The molecule has 0 atom stereocenters. The van der Waals surface area contributed by atoms with Gasteiger partial charge in [-0.1, -0.05) is 13.8 Å². The Morgan fingerprint density at radius 2 is 2.05 bits per heavy atom. The largest absolute Gasteiger partial charge is 0.399 e. The van der Waals surface area contributed by atoms with Crippen molar-refractivity contribution in [1.29, 1.82) is 0 Å². The molecule has 0 unspecified atom stereocenters. The fraction of sp³-hybridized carbons (Fsp3) is 0.538. The Kier molecular flexibility index (Phi) is 3.95. The average Bonchev–Trinajstić information content (AvgIpc) is 3.07. The van der Waals surface area contributed by atoms with Crippen molar-refractivity contribution in [3.63, 3.8) is 0 Å². The highest BCUT2D eigenvalue weighted by atomic mass is 79.9. The van der Waals surface area contributed by atoms with Gasteiger partial charge in [-0.05, 0) is 58.3 Å². The van der Waals surface area contributed by atoms with Gasteiger partial charge in [0.05, 0.1) is 4.90 Å². The van der Waals surface area contributed by atoms with E-state index in [0.29, 0.717) is 22.6 Å². The number of nitrogen functional groups attached to an aromatic ring is 1. The Bertz CT molecular complexity index is 580. The van der Waals surface area contributed by atoms with Gasteiger partial charge in [-0.25, -0.2) is 13.1 Å². The molecular weight excluding hydrogens is 328 g/mol. The molecule has 0 amide bonds. The normalized spacial score (nSPS) is 17.7. The number of halogens is 1. The van der Waals surface area contributed by atoms with Crippen molar-refractivity contribution in [2.75, 3.05) is 12.3 Å². The van der Waals surface area contributed by atoms with Crippen molar-refractivity contribution in [2.24, 2.45) is 11.3 Å². The molecule has 1 aromatic rings. The number of benzene rings is 1. The summed E-state index contributed by atoms with van der Waals surface area (Å²) in [5.41, 5.74) is 6.30. The summed E-state index contributed by atoms with van der Waals surface area (Å²) in [6.45, 7) is 4.78. The zero-order chi connectivity index (χ0) is 14.3. The second-order valence-electron chi connectivity index (χ2n) is 5.53. The lowest BCUT2D eigenvalue weighted by molar-refractivity contribution is 0.357. The van der Waals surface area contributed by atoms with Gasteiger partial charge in [-0.3, -0.25) is 0 Å². The lowest BCUT2D eigenvalue weighted by atomic mass is 9.93. The molecule has 106 valence electrons. The molecule has 0 saturated heterocycles. The van der Waals surface area contributed by atoms with E-state index in [1.807, 2.05) is 0 Å². The van der Waals surface area contributed by atoms with Gasteiger partial charge in [0.2, 0.25) is 10.0 Å². The Balaban J connectivity index is 2.15. The summed E-state index contributed by atoms with van der Waals surface area (Å²) in [7, 11) is -3.49. The molecule has 0 radical (unpaired) electrons. The van der Waals surface area contributed by atoms with E-state index in [4.69, 9.17) is 5.73 Å². The third-order valence-electron chi connectivity index (χ3n) is 3.98. The highest BCUT2D eigenvalue weighted by Gasteiger charge is 2.45. The van der Waals surface area contributed by atoms with E-state index < -0.39 is 10.0 Å². The van der Waals surface area contributed by atoms with E-state index in [1.54, 1.807) is 12.1 Å². The third-order valence-corrected chi connectivity index (χ3v) is 6.35. The first-order chi connectivity index (χ1) is 8.77. The molecule has 1 fully saturated rings. The first-order valence-electron chi connectivity index (χ1n) is 6.31. The summed E-state index contributed by atoms with van der Waals surface area (Å²) in [6.07, 6.45) is 2.19. The molecular formula is C13H19BrN2O2S. The predicted molar refractivity (Wildman–Crippen MR) is 80.2 cm³/mol. The van der Waals surface area contributed by atoms with Crippen LogP contribution in [0.5, 0.6) is 0 Å². The minimum atomic E-state index is -3.49. The average molecular weight is 347 g/mol. The number of rotatable bonds is 5. The number of nitrogens with one attached hydrogen (secondary N) is 1. The molecule has 6 heteroatoms. The van der Waals surface area contributed by atoms with E-state index >= 15 is 0 Å². The standard InChI is InChI=1S/C13H19BrN2O2S/c1-9(2)13(5-6-13)8-16-19(17,18)12-4-3-10(15)7-11(12)14/h3-4,7,9,16H,5-6,8,15H2,1-2H3. The third kappa shape index (κ3) is 3.12. The zero-order valence-electron chi connectivity index (χ0n) is 11.1. The molecule has 0 heterocycles. The molecule has 2 rings (SSSR count). The van der Waals surface area contributed by atoms with E-state index in [2.05, 4.69) is 34.5 Å². The Morgan fingerprint density at radius 3 is 2.53 bits per heavy atom. The molecule has 1 aromatic carbocycles. The summed E-state index contributed by atoms with van der Waals surface area (Å²) in [4.78, 5) is 0.237. The second kappa shape index (κ2) is 5.07. The van der Waals surface area contributed by atoms with Crippen LogP contribution in [-0.2, 0) is 10.0 Å². The summed E-state index contributed by atoms with van der Waals surface area (Å²) in [5, 5.41) is 0. The van der Waals surface area contributed by atoms with Crippen LogP contribution in [0.1, 0.15) is 26.7 Å². The van der Waals surface area contributed by atoms with Crippen LogP contribution >= 0.6 is 15.9 Å². The van der Waals surface area contributed by atoms with Gasteiger partial charge >= 0.3 is 0 Å². The Morgan fingerprint density at radius 1 is 1.42 bits per heavy atom. The molecule has 1 saturated carbocycles. The van der Waals surface area contributed by atoms with Crippen molar-refractivity contribution in [3.8, 4) is 0 Å². The maximum atomic E-state index is 12.3. The lowest BCUT2D eigenvalue weighted by Gasteiger charge is -2.20. The topological polar surface area (TPSA) is 72.2 Å². The number of anilines is 1. The minimum Gasteiger partial charge on any atom is -0.399 e. The fourth-order valence-electron chi connectivity index (χ4n) is 2.17. The molecule has 19 heavy (non-hydrogen) atoms. The summed E-state index contributed by atoms with van der Waals surface area (Å²) in [5.74, 6) is 0.491. The highest BCUT2D eigenvalue weighted by molar-refractivity contribution is 9.10. The number of nitrogens with two attached hydrogens (primary N) is 1. The van der Waals surface area contributed by atoms with Crippen LogP contribution in [0.2, 0.25) is 0 Å². The van der Waals surface area contributed by atoms with Gasteiger partial charge in [-0.15, -0.1) is 0 Å². The van der Waals surface area contributed by atoms with Crippen molar-refractivity contribution in [1.82, 2.24) is 4.72 Å². The second-order valence-corrected chi connectivity index (χ2v) is 8.12. The molecule has 0 bridgehead atoms. The SMILES string of the molecule is CC(C)C1(CNS(=O)(=O)c2ccc(N)cc2Br)CC1. The molecule has 4 nitrogen and oxygen atoms in total. The van der Waals surface area contributed by atoms with Gasteiger partial charge < -0.3 is 5.73 Å². The number of hydrogen-bond acceptors (Lipinski definition) is 3. The lowest BCUT2D eigenvalue weighted by Crippen LogP contribution is -2.32. The number of sulfonamides is 1. The maximum absolute atomic E-state index is 12.3. The van der Waals surface area contributed by atoms with Crippen LogP contribution < -0.4 is 10.5 Å². The Hall–Kier alpha value is -0.590. The fourth-order valence-corrected chi connectivity index (χ4v) is 4.40. The van der Waals surface area contributed by atoms with Gasteiger partial charge in [0, 0.05) is 16.7 Å². The Labute approximate surface area is 122 Å². The molecule has 0 aliphatic heterocycles. The van der Waals surface area contributed by atoms with E-state index in [9.17, 15) is 8.42 Å². The molecule has 0 aromatic heterocycles. The van der Waals surface area contributed by atoms with Crippen molar-refractivity contribution in [2.45, 2.75) is 31.6 Å². The first kappa shape index (κ1) is 14.8. The van der Waals surface area contributed by atoms with E-state index in [0.717, 1.165) is 12.8 Å². The van der Waals surface area contributed by atoms with E-state index in [-0.39, 0.29) is 10.3 Å². The van der Waals surface area contributed by atoms with Gasteiger partial charge in [-0.2, -0.15) is 0 Å². The summed E-state index contributed by atoms with van der Waals surface area (Å²) < 4.78 is 27.8. The van der Waals surface area contributed by atoms with Crippen molar-refractivity contribution < 1.29 is 8.42 Å². The van der Waals surface area contributed by atoms with Crippen molar-refractivity contribution >= 4 is 31.6 Å². The van der Waals surface area contributed by atoms with Gasteiger partial charge in [0.1, 0.15) is 0 Å². The zero-order valence-corrected chi connectivity index (χ0v) is 13.5. The highest BCUT2D eigenvalue weighted by Crippen LogP contribution is 2.51. The predicted octanol–water partition coefficient (Wildman–Crippen LogP) is 2.75. The minimum absolute atomic E-state index is 0.146. The van der Waals surface area contributed by atoms with Gasteiger partial charge in [0.15, 0.2) is 0 Å². The van der Waals surface area contributed by atoms with Crippen LogP contribution in [-0.4, -0.2) is 15.0 Å². The maximum Gasteiger partial charge on any atom is 0.241 e. The molecule has 3 N–H and O–H groups in total. The molecule has 1 aliphatic carbocycles. The summed E-state index contributed by atoms with van der Waals surface area (Å²) >= 11 is 3.25. The quantitative estimate of drug-likeness (QED) is 0.805.